The van der Waals surface area contributed by atoms with Gasteiger partial charge in [0.2, 0.25) is 0 Å². The zero-order chi connectivity index (χ0) is 24.5. The first kappa shape index (κ1) is 24.0. The first-order chi connectivity index (χ1) is 17.2. The van der Waals surface area contributed by atoms with E-state index in [1.54, 1.807) is 13.3 Å². The second kappa shape index (κ2) is 11.8. The van der Waals surface area contributed by atoms with E-state index >= 15 is 0 Å². The number of nitrogens with zero attached hydrogens (tertiary/aromatic N) is 4. The van der Waals surface area contributed by atoms with E-state index in [-0.39, 0.29) is 11.7 Å². The Labute approximate surface area is 208 Å². The van der Waals surface area contributed by atoms with Crippen LogP contribution in [0.3, 0.4) is 0 Å². The zero-order valence-electron chi connectivity index (χ0n) is 19.4. The number of aromatic nitrogens is 3. The maximum Gasteiger partial charge on any atom is 0.250 e. The average molecular weight is 488 g/mol. The molecule has 9 heteroatoms. The predicted molar refractivity (Wildman–Crippen MR) is 137 cm³/mol. The third-order valence-corrected chi connectivity index (χ3v) is 5.83. The highest BCUT2D eigenvalue weighted by atomic mass is 32.2. The topological polar surface area (TPSA) is 90.6 Å². The molecule has 0 spiro atoms. The van der Waals surface area contributed by atoms with E-state index in [1.165, 1.54) is 11.8 Å². The van der Waals surface area contributed by atoms with E-state index in [9.17, 15) is 4.79 Å². The largest absolute Gasteiger partial charge is 0.497 e. The van der Waals surface area contributed by atoms with Crippen molar-refractivity contribution in [2.75, 3.05) is 19.5 Å². The number of methoxy groups -OCH3 is 1. The highest BCUT2D eigenvalue weighted by Crippen LogP contribution is 2.28. The number of benzene rings is 3. The number of hydrogen-bond donors (Lipinski definition) is 1. The van der Waals surface area contributed by atoms with Gasteiger partial charge in [0, 0.05) is 11.3 Å². The molecule has 0 aliphatic carbocycles. The smallest absolute Gasteiger partial charge is 0.250 e. The molecule has 0 bridgehead atoms. The molecular weight excluding hydrogens is 462 g/mol. The van der Waals surface area contributed by atoms with Gasteiger partial charge in [-0.15, -0.1) is 10.2 Å². The molecule has 0 saturated carbocycles. The summed E-state index contributed by atoms with van der Waals surface area (Å²) in [5.74, 6) is 2.07. The Morgan fingerprint density at radius 3 is 2.57 bits per heavy atom. The number of carbonyl (C=O) groups excluding carboxylic acids is 1. The minimum Gasteiger partial charge on any atom is -0.497 e. The zero-order valence-corrected chi connectivity index (χ0v) is 20.2. The standard InChI is InChI=1S/C26H25N5O3S/c1-3-34-22-14-12-21(13-15-22)31-25(20-9-5-4-6-10-20)29-30-26(31)35-18-24(32)28-27-17-19-8-7-11-23(16-19)33-2/h4-17H,3,18H2,1-2H3,(H,28,32). The van der Waals surface area contributed by atoms with Gasteiger partial charge in [-0.1, -0.05) is 54.2 Å². The predicted octanol–water partition coefficient (Wildman–Crippen LogP) is 4.58. The van der Waals surface area contributed by atoms with Crippen molar-refractivity contribution < 1.29 is 14.3 Å². The molecule has 1 aromatic heterocycles. The van der Waals surface area contributed by atoms with Crippen molar-refractivity contribution in [1.82, 2.24) is 20.2 Å². The van der Waals surface area contributed by atoms with Gasteiger partial charge in [-0.2, -0.15) is 5.10 Å². The van der Waals surface area contributed by atoms with Crippen LogP contribution in [-0.4, -0.2) is 46.4 Å². The van der Waals surface area contributed by atoms with Gasteiger partial charge in [0.25, 0.3) is 5.91 Å². The first-order valence-corrected chi connectivity index (χ1v) is 12.0. The Morgan fingerprint density at radius 1 is 1.03 bits per heavy atom. The van der Waals surface area contributed by atoms with E-state index in [1.807, 2.05) is 90.4 Å². The van der Waals surface area contributed by atoms with Gasteiger partial charge in [0.05, 0.1) is 25.7 Å². The summed E-state index contributed by atoms with van der Waals surface area (Å²) in [4.78, 5) is 12.4. The molecule has 178 valence electrons. The second-order valence-electron chi connectivity index (χ2n) is 7.29. The molecule has 0 unspecified atom stereocenters. The normalized spacial score (nSPS) is 10.9. The maximum atomic E-state index is 12.4. The maximum absolute atomic E-state index is 12.4. The summed E-state index contributed by atoms with van der Waals surface area (Å²) in [6.45, 7) is 2.54. The van der Waals surface area contributed by atoms with Gasteiger partial charge in [-0.3, -0.25) is 9.36 Å². The minimum absolute atomic E-state index is 0.124. The monoisotopic (exact) mass is 487 g/mol. The van der Waals surface area contributed by atoms with Crippen LogP contribution in [0.4, 0.5) is 0 Å². The van der Waals surface area contributed by atoms with Gasteiger partial charge in [-0.05, 0) is 48.9 Å². The highest BCUT2D eigenvalue weighted by molar-refractivity contribution is 7.99. The fourth-order valence-corrected chi connectivity index (χ4v) is 4.04. The SMILES string of the molecule is CCOc1ccc(-n2c(SCC(=O)NN=Cc3cccc(OC)c3)nnc2-c2ccccc2)cc1. The van der Waals surface area contributed by atoms with E-state index in [2.05, 4.69) is 20.7 Å². The lowest BCUT2D eigenvalue weighted by molar-refractivity contribution is -0.118. The van der Waals surface area contributed by atoms with E-state index in [4.69, 9.17) is 9.47 Å². The van der Waals surface area contributed by atoms with Crippen LogP contribution < -0.4 is 14.9 Å². The Hall–Kier alpha value is -4.11. The second-order valence-corrected chi connectivity index (χ2v) is 8.24. The highest BCUT2D eigenvalue weighted by Gasteiger charge is 2.17. The van der Waals surface area contributed by atoms with Crippen molar-refractivity contribution in [2.24, 2.45) is 5.10 Å². The number of amides is 1. The number of ether oxygens (including phenoxy) is 2. The summed E-state index contributed by atoms with van der Waals surface area (Å²) in [6.07, 6.45) is 1.57. The van der Waals surface area contributed by atoms with Crippen molar-refractivity contribution in [2.45, 2.75) is 12.1 Å². The van der Waals surface area contributed by atoms with Gasteiger partial charge in [0.1, 0.15) is 11.5 Å². The summed E-state index contributed by atoms with van der Waals surface area (Å²) >= 11 is 1.28. The van der Waals surface area contributed by atoms with Crippen molar-refractivity contribution in [3.63, 3.8) is 0 Å². The lowest BCUT2D eigenvalue weighted by Gasteiger charge is -2.11. The van der Waals surface area contributed by atoms with Crippen LogP contribution in [0.2, 0.25) is 0 Å². The number of hydrogen-bond acceptors (Lipinski definition) is 7. The molecule has 0 aliphatic rings. The van der Waals surface area contributed by atoms with Crippen LogP contribution in [0.15, 0.2) is 89.1 Å². The molecule has 4 rings (SSSR count). The van der Waals surface area contributed by atoms with Crippen LogP contribution in [0.25, 0.3) is 17.1 Å². The molecule has 0 saturated heterocycles. The number of nitrogens with one attached hydrogen (secondary N) is 1. The fourth-order valence-electron chi connectivity index (χ4n) is 3.29. The first-order valence-electron chi connectivity index (χ1n) is 11.0. The quantitative estimate of drug-likeness (QED) is 0.200. The molecule has 3 aromatic carbocycles. The van der Waals surface area contributed by atoms with Gasteiger partial charge >= 0.3 is 0 Å². The lowest BCUT2D eigenvalue weighted by atomic mass is 10.2. The van der Waals surface area contributed by atoms with E-state index in [0.717, 1.165) is 28.3 Å². The molecule has 0 atom stereocenters. The molecule has 1 amide bonds. The Bertz CT molecular complexity index is 1290. The number of hydrazone groups is 1. The molecule has 1 heterocycles. The van der Waals surface area contributed by atoms with Crippen LogP contribution in [0, 0.1) is 0 Å². The van der Waals surface area contributed by atoms with Crippen LogP contribution in [-0.2, 0) is 4.79 Å². The molecule has 0 aliphatic heterocycles. The Kier molecular flexibility index (Phi) is 8.13. The molecule has 4 aromatic rings. The summed E-state index contributed by atoms with van der Waals surface area (Å²) in [7, 11) is 1.60. The summed E-state index contributed by atoms with van der Waals surface area (Å²) < 4.78 is 12.7. The lowest BCUT2D eigenvalue weighted by Crippen LogP contribution is -2.20. The fraction of sp³-hybridized carbons (Fsp3) is 0.154. The van der Waals surface area contributed by atoms with Crippen molar-refractivity contribution in [3.8, 4) is 28.6 Å². The number of rotatable bonds is 10. The van der Waals surface area contributed by atoms with Gasteiger partial charge in [-0.25, -0.2) is 5.43 Å². The molecular formula is C26H25N5O3S. The van der Waals surface area contributed by atoms with E-state index in [0.29, 0.717) is 17.6 Å². The molecule has 1 N–H and O–H groups in total. The average Bonchev–Trinajstić information content (AvgIpc) is 3.33. The van der Waals surface area contributed by atoms with Crippen LogP contribution in [0.5, 0.6) is 11.5 Å². The number of carbonyl (C=O) groups is 1. The molecule has 0 fully saturated rings. The summed E-state index contributed by atoms with van der Waals surface area (Å²) in [5.41, 5.74) is 5.17. The number of thioether (sulfide) groups is 1. The third kappa shape index (κ3) is 6.27. The summed E-state index contributed by atoms with van der Waals surface area (Å²) in [6, 6.07) is 24.9. The summed E-state index contributed by atoms with van der Waals surface area (Å²) in [5, 5.41) is 13.4. The van der Waals surface area contributed by atoms with E-state index < -0.39 is 0 Å². The minimum atomic E-state index is -0.253. The van der Waals surface area contributed by atoms with Crippen LogP contribution >= 0.6 is 11.8 Å². The van der Waals surface area contributed by atoms with Crippen molar-refractivity contribution >= 4 is 23.9 Å². The van der Waals surface area contributed by atoms with Crippen molar-refractivity contribution in [1.29, 1.82) is 0 Å². The Balaban J connectivity index is 1.49. The van der Waals surface area contributed by atoms with Gasteiger partial charge in [0.15, 0.2) is 11.0 Å². The molecule has 8 nitrogen and oxygen atoms in total. The molecule has 35 heavy (non-hydrogen) atoms. The van der Waals surface area contributed by atoms with Crippen LogP contribution in [0.1, 0.15) is 12.5 Å². The van der Waals surface area contributed by atoms with Gasteiger partial charge < -0.3 is 9.47 Å². The third-order valence-electron chi connectivity index (χ3n) is 4.90. The Morgan fingerprint density at radius 2 is 1.83 bits per heavy atom. The molecule has 0 radical (unpaired) electrons. The van der Waals surface area contributed by atoms with Crippen molar-refractivity contribution in [3.05, 3.63) is 84.4 Å².